The van der Waals surface area contributed by atoms with Crippen molar-refractivity contribution in [2.75, 3.05) is 13.7 Å². The molecule has 0 saturated carbocycles. The molecule has 0 aromatic heterocycles. The van der Waals surface area contributed by atoms with Gasteiger partial charge in [-0.1, -0.05) is 0 Å². The molecule has 0 aliphatic heterocycles. The number of ether oxygens (including phenoxy) is 2. The Morgan fingerprint density at radius 2 is 1.48 bits per heavy atom. The number of nitrogens with one attached hydrogen (secondary N) is 4. The van der Waals surface area contributed by atoms with Gasteiger partial charge in [0.25, 0.3) is 0 Å². The molecule has 1 amide bonds. The van der Waals surface area contributed by atoms with Crippen LogP contribution in [-0.2, 0) is 4.74 Å². The van der Waals surface area contributed by atoms with E-state index in [1.54, 1.807) is 4.99 Å². The summed E-state index contributed by atoms with van der Waals surface area (Å²) >= 11 is 0. The minimum absolute atomic E-state index is 0.219. The van der Waals surface area contributed by atoms with E-state index in [4.69, 9.17) is 4.74 Å². The van der Waals surface area contributed by atoms with Crippen LogP contribution in [0.5, 0.6) is 5.75 Å². The van der Waals surface area contributed by atoms with Crippen LogP contribution in [0.3, 0.4) is 0 Å². The highest BCUT2D eigenvalue weighted by molar-refractivity contribution is 5.82. The van der Waals surface area contributed by atoms with Crippen molar-refractivity contribution in [3.63, 3.8) is 0 Å². The van der Waals surface area contributed by atoms with Crippen LogP contribution < -0.4 is 25.9 Å². The maximum absolute atomic E-state index is 13.3. The minimum atomic E-state index is -6.35. The lowest BCUT2D eigenvalue weighted by Crippen LogP contribution is -2.83. The molecule has 16 heteroatoms. The number of alkyl carbamates (subject to hydrolysis) is 1. The van der Waals surface area contributed by atoms with E-state index in [1.807, 2.05) is 0 Å². The first-order chi connectivity index (χ1) is 14.1. The number of carbonyl (C=O) groups is 1. The average molecular weight is 471 g/mol. The fourth-order valence-electron chi connectivity index (χ4n) is 1.94. The summed E-state index contributed by atoms with van der Waals surface area (Å²) in [4.78, 5) is 12.9. The number of halogens is 9. The Bertz CT molecular complexity index is 760. The predicted molar refractivity (Wildman–Crippen MR) is 85.9 cm³/mol. The maximum atomic E-state index is 13.3. The van der Waals surface area contributed by atoms with Crippen molar-refractivity contribution < 1.29 is 58.8 Å². The van der Waals surface area contributed by atoms with Crippen molar-refractivity contribution >= 4 is 17.6 Å². The van der Waals surface area contributed by atoms with Crippen molar-refractivity contribution in [2.24, 2.45) is 0 Å². The first-order valence-corrected chi connectivity index (χ1v) is 8.04. The monoisotopic (exact) mass is 471 g/mol. The normalized spacial score (nSPS) is 13.6. The van der Waals surface area contributed by atoms with Gasteiger partial charge in [-0.3, -0.25) is 5.32 Å². The summed E-state index contributed by atoms with van der Waals surface area (Å²) in [7, 11) is 1.26. The summed E-state index contributed by atoms with van der Waals surface area (Å²) in [5.41, 5.74) is -4.36. The van der Waals surface area contributed by atoms with Gasteiger partial charge in [-0.25, -0.2) is 9.79 Å². The van der Waals surface area contributed by atoms with Gasteiger partial charge in [-0.15, -0.1) is 5.43 Å². The molecule has 0 spiro atoms. The highest BCUT2D eigenvalue weighted by Crippen LogP contribution is 2.41. The fraction of sp³-hybridized carbons (Fsp3) is 0.467. The van der Waals surface area contributed by atoms with Gasteiger partial charge >= 0.3 is 36.1 Å². The molecule has 1 rings (SSSR count). The molecule has 0 aliphatic carbocycles. The molecule has 0 fully saturated rings. The van der Waals surface area contributed by atoms with E-state index in [9.17, 15) is 44.3 Å². The molecule has 0 radical (unpaired) electrons. The highest BCUT2D eigenvalue weighted by Gasteiger charge is 2.74. The number of rotatable bonds is 6. The molecule has 1 aromatic rings. The van der Waals surface area contributed by atoms with E-state index >= 15 is 0 Å². The van der Waals surface area contributed by atoms with Crippen LogP contribution in [0.25, 0.3) is 0 Å². The van der Waals surface area contributed by atoms with Gasteiger partial charge in [-0.2, -0.15) is 44.9 Å². The summed E-state index contributed by atoms with van der Waals surface area (Å²) in [5.74, 6) is -1.92. The van der Waals surface area contributed by atoms with Gasteiger partial charge in [0.2, 0.25) is 0 Å². The third kappa shape index (κ3) is 6.53. The van der Waals surface area contributed by atoms with E-state index in [-0.39, 0.29) is 11.4 Å². The van der Waals surface area contributed by atoms with Gasteiger partial charge in [0.05, 0.1) is 13.7 Å². The summed E-state index contributed by atoms with van der Waals surface area (Å²) in [6.07, 6.45) is -20.3. The number of carbonyl (C=O) groups excluding carboxylic acids is 1. The van der Waals surface area contributed by atoms with Crippen molar-refractivity contribution in [3.8, 4) is 5.75 Å². The van der Waals surface area contributed by atoms with Crippen LogP contribution in [0.1, 0.15) is 6.92 Å². The fourth-order valence-corrected chi connectivity index (χ4v) is 1.94. The molecule has 1 aromatic carbocycles. The van der Waals surface area contributed by atoms with Crippen LogP contribution in [0.15, 0.2) is 24.3 Å². The Balaban J connectivity index is 3.37. The number of hydrogen-bond acceptors (Lipinski definition) is 4. The lowest BCUT2D eigenvalue weighted by atomic mass is 10.1. The predicted octanol–water partition coefficient (Wildman–Crippen LogP) is 2.03. The number of benzene rings is 1. The van der Waals surface area contributed by atoms with E-state index in [1.165, 1.54) is 19.2 Å². The number of amides is 1. The summed E-state index contributed by atoms with van der Waals surface area (Å²) in [6, 6.07) is 4.40. The Morgan fingerprint density at radius 1 is 0.968 bits per heavy atom. The smallest absolute Gasteiger partial charge is 0.496 e. The van der Waals surface area contributed by atoms with Crippen molar-refractivity contribution in [3.05, 3.63) is 24.3 Å². The second-order valence-corrected chi connectivity index (χ2v) is 5.57. The summed E-state index contributed by atoms with van der Waals surface area (Å²) < 4.78 is 128. The van der Waals surface area contributed by atoms with E-state index < -0.39 is 42.7 Å². The van der Waals surface area contributed by atoms with Gasteiger partial charge in [-0.05, 0) is 31.2 Å². The number of methoxy groups -OCH3 is 1. The lowest BCUT2D eigenvalue weighted by molar-refractivity contribution is -0.374. The summed E-state index contributed by atoms with van der Waals surface area (Å²) in [5, 5.41) is 0.487. The van der Waals surface area contributed by atoms with Crippen LogP contribution >= 0.6 is 0 Å². The van der Waals surface area contributed by atoms with Crippen LogP contribution in [0.2, 0.25) is 0 Å². The quantitative estimate of drug-likeness (QED) is 0.168. The average Bonchev–Trinajstić information content (AvgIpc) is 2.61. The zero-order valence-corrected chi connectivity index (χ0v) is 15.6. The summed E-state index contributed by atoms with van der Waals surface area (Å²) in [6.45, 7) is 0.479. The molecule has 0 saturated heterocycles. The van der Waals surface area contributed by atoms with E-state index in [0.717, 1.165) is 24.5 Å². The lowest BCUT2D eigenvalue weighted by Gasteiger charge is -2.36. The topological polar surface area (TPSA) is 85.6 Å². The molecule has 0 aliphatic rings. The largest absolute Gasteiger partial charge is 0.497 e. The maximum Gasteiger partial charge on any atom is 0.496 e. The molecule has 0 atom stereocenters. The molecule has 176 valence electrons. The second kappa shape index (κ2) is 9.49. The first-order valence-electron chi connectivity index (χ1n) is 8.04. The first kappa shape index (κ1) is 26.1. The van der Waals surface area contributed by atoms with Gasteiger partial charge in [0.1, 0.15) is 11.4 Å². The van der Waals surface area contributed by atoms with Gasteiger partial charge in [0.15, 0.2) is 0 Å². The Morgan fingerprint density at radius 3 is 1.87 bits per heavy atom. The van der Waals surface area contributed by atoms with Gasteiger partial charge in [0, 0.05) is 0 Å². The Kier molecular flexibility index (Phi) is 7.99. The standard InChI is InChI=1S/C15H15F9N4O3/c1-3-31-11(29)26-13(14(19,20)21,15(22,23)24)28-27-10(12(16,17)18)25-8-4-6-9(30-2)7-5-8/h4-7,28H,3H2,1-2H3,(H,25,27)(H,26,29)/p+1. The minimum Gasteiger partial charge on any atom is -0.497 e. The van der Waals surface area contributed by atoms with E-state index in [0.29, 0.717) is 10.7 Å². The number of hydrogen-bond donors (Lipinski definition) is 4. The molecule has 4 N–H and O–H groups in total. The molecule has 0 bridgehead atoms. The Labute approximate surface area is 168 Å². The zero-order chi connectivity index (χ0) is 24.1. The molecule has 0 heterocycles. The van der Waals surface area contributed by atoms with Crippen molar-refractivity contribution in [1.82, 2.24) is 16.2 Å². The molecular weight excluding hydrogens is 455 g/mol. The van der Waals surface area contributed by atoms with E-state index in [2.05, 4.69) is 4.74 Å². The highest BCUT2D eigenvalue weighted by atomic mass is 19.4. The Hall–Kier alpha value is -2.91. The van der Waals surface area contributed by atoms with Crippen LogP contribution in [0.4, 0.5) is 50.0 Å². The molecule has 31 heavy (non-hydrogen) atoms. The van der Waals surface area contributed by atoms with Crippen molar-refractivity contribution in [2.45, 2.75) is 31.1 Å². The van der Waals surface area contributed by atoms with Crippen LogP contribution in [-0.4, -0.2) is 49.8 Å². The number of amidine groups is 1. The third-order valence-corrected chi connectivity index (χ3v) is 3.43. The second-order valence-electron chi connectivity index (χ2n) is 5.57. The van der Waals surface area contributed by atoms with Gasteiger partial charge < -0.3 is 9.47 Å². The number of hydrazine groups is 1. The van der Waals surface area contributed by atoms with Crippen molar-refractivity contribution in [1.29, 1.82) is 0 Å². The zero-order valence-electron chi connectivity index (χ0n) is 15.6. The molecule has 0 unspecified atom stereocenters. The molecule has 7 nitrogen and oxygen atoms in total. The third-order valence-electron chi connectivity index (χ3n) is 3.43. The van der Waals surface area contributed by atoms with Crippen LogP contribution in [0, 0.1) is 0 Å². The number of alkyl halides is 9. The SMILES string of the molecule is CCOC(=O)NC(NNC(=[NH+]c1ccc(OC)cc1)C(F)(F)F)(C(F)(F)F)C(F)(F)F. The molecular formula is C15H16F9N4O3+.